The van der Waals surface area contributed by atoms with Crippen molar-refractivity contribution in [1.29, 1.82) is 0 Å². The number of carbonyl (C=O) groups is 1. The van der Waals surface area contributed by atoms with Crippen LogP contribution in [-0.4, -0.2) is 67.9 Å². The second kappa shape index (κ2) is 15.8. The Morgan fingerprint density at radius 1 is 0.917 bits per heavy atom. The van der Waals surface area contributed by atoms with Crippen LogP contribution in [0.15, 0.2) is 97.3 Å². The first-order valence-corrected chi connectivity index (χ1v) is 17.3. The van der Waals surface area contributed by atoms with Crippen molar-refractivity contribution in [2.75, 3.05) is 32.7 Å². The molecule has 48 heavy (non-hydrogen) atoms. The van der Waals surface area contributed by atoms with E-state index in [1.54, 1.807) is 12.4 Å². The molecule has 246 valence electrons. The maximum Gasteiger partial charge on any atom is 0.254 e. The van der Waals surface area contributed by atoms with Gasteiger partial charge in [-0.15, -0.1) is 0 Å². The summed E-state index contributed by atoms with van der Waals surface area (Å²) in [5, 5.41) is 0. The molecule has 1 amide bonds. The summed E-state index contributed by atoms with van der Waals surface area (Å²) in [7, 11) is 0. The van der Waals surface area contributed by atoms with Gasteiger partial charge in [0.15, 0.2) is 0 Å². The van der Waals surface area contributed by atoms with Gasteiger partial charge >= 0.3 is 0 Å². The van der Waals surface area contributed by atoms with E-state index in [1.165, 1.54) is 24.0 Å². The van der Waals surface area contributed by atoms with Crippen molar-refractivity contribution in [2.45, 2.75) is 53.0 Å². The fraction of sp³-hybridized carbons (Fsp3) is 0.317. The number of carbonyl (C=O) groups excluding carboxylic acids is 1. The zero-order valence-corrected chi connectivity index (χ0v) is 28.5. The zero-order chi connectivity index (χ0) is 33.3. The van der Waals surface area contributed by atoms with Crippen LogP contribution >= 0.6 is 0 Å². The number of hydrogen-bond donors (Lipinski definition) is 0. The molecule has 7 nitrogen and oxygen atoms in total. The molecule has 0 atom stereocenters. The van der Waals surface area contributed by atoms with Crippen molar-refractivity contribution in [3.8, 4) is 0 Å². The third-order valence-electron chi connectivity index (χ3n) is 9.13. The number of imidazole rings is 1. The lowest BCUT2D eigenvalue weighted by Crippen LogP contribution is -2.32. The largest absolute Gasteiger partial charge is 0.335 e. The Hall–Kier alpha value is -4.88. The second-order valence-corrected chi connectivity index (χ2v) is 12.8. The molecule has 0 bridgehead atoms. The van der Waals surface area contributed by atoms with Crippen LogP contribution in [0, 0.1) is 13.8 Å². The monoisotopic (exact) mass is 638 g/mol. The van der Waals surface area contributed by atoms with Crippen molar-refractivity contribution < 1.29 is 4.79 Å². The normalized spacial score (nSPS) is 13.9. The average molecular weight is 639 g/mol. The summed E-state index contributed by atoms with van der Waals surface area (Å²) in [5.41, 5.74) is 9.22. The lowest BCUT2D eigenvalue weighted by Gasteiger charge is -2.21. The summed E-state index contributed by atoms with van der Waals surface area (Å²) in [5.74, 6) is 0.989. The lowest BCUT2D eigenvalue weighted by molar-refractivity contribution is 0.0772. The van der Waals surface area contributed by atoms with Crippen LogP contribution in [-0.2, 0) is 6.54 Å². The number of amides is 1. The minimum absolute atomic E-state index is 0.0446. The van der Waals surface area contributed by atoms with E-state index in [4.69, 9.17) is 4.98 Å². The Labute approximate surface area is 284 Å². The number of fused-ring (bicyclic) bond motifs is 1. The molecule has 0 spiro atoms. The van der Waals surface area contributed by atoms with Gasteiger partial charge in [-0.2, -0.15) is 0 Å². The van der Waals surface area contributed by atoms with E-state index in [0.717, 1.165) is 71.9 Å². The molecular weight excluding hydrogens is 592 g/mol. The molecule has 4 heterocycles. The van der Waals surface area contributed by atoms with Crippen molar-refractivity contribution in [2.24, 2.45) is 0 Å². The molecule has 1 fully saturated rings. The molecule has 0 radical (unpaired) electrons. The van der Waals surface area contributed by atoms with Crippen LogP contribution in [0.2, 0.25) is 0 Å². The van der Waals surface area contributed by atoms with E-state index in [9.17, 15) is 4.79 Å². The van der Waals surface area contributed by atoms with E-state index in [1.807, 2.05) is 54.3 Å². The highest BCUT2D eigenvalue weighted by molar-refractivity contribution is 5.94. The smallest absolute Gasteiger partial charge is 0.254 e. The molecule has 1 aliphatic heterocycles. The van der Waals surface area contributed by atoms with E-state index in [0.29, 0.717) is 25.2 Å². The molecule has 1 saturated heterocycles. The van der Waals surface area contributed by atoms with E-state index < -0.39 is 0 Å². The molecular formula is C41H46N6O. The third kappa shape index (κ3) is 8.15. The Balaban J connectivity index is 1.15. The summed E-state index contributed by atoms with van der Waals surface area (Å²) in [6.45, 7) is 11.5. The van der Waals surface area contributed by atoms with Crippen LogP contribution < -0.4 is 0 Å². The number of aromatic nitrogens is 4. The number of nitrogens with zero attached hydrogens (tertiary/aromatic N) is 6. The molecule has 6 rings (SSSR count). The van der Waals surface area contributed by atoms with Crippen LogP contribution in [0.25, 0.3) is 22.7 Å². The number of unbranched alkanes of at least 4 members (excludes halogenated alkanes) is 1. The number of benzene rings is 2. The van der Waals surface area contributed by atoms with Crippen molar-refractivity contribution in [1.82, 2.24) is 29.3 Å². The number of pyridine rings is 2. The van der Waals surface area contributed by atoms with E-state index >= 15 is 0 Å². The first kappa shape index (κ1) is 33.0. The van der Waals surface area contributed by atoms with Crippen LogP contribution in [0.4, 0.5) is 0 Å². The summed E-state index contributed by atoms with van der Waals surface area (Å²) < 4.78 is 2.18. The Bertz CT molecular complexity index is 1880. The molecule has 0 saturated carbocycles. The Morgan fingerprint density at radius 3 is 2.46 bits per heavy atom. The first-order chi connectivity index (χ1) is 23.5. The summed E-state index contributed by atoms with van der Waals surface area (Å²) >= 11 is 0. The van der Waals surface area contributed by atoms with Gasteiger partial charge in [-0.1, -0.05) is 73.5 Å². The average Bonchev–Trinajstić information content (AvgIpc) is 3.75. The highest BCUT2D eigenvalue weighted by Crippen LogP contribution is 2.24. The molecule has 1 aliphatic rings. The number of aryl methyl sites for hydroxylation is 2. The molecule has 3 aromatic heterocycles. The molecule has 5 aromatic rings. The van der Waals surface area contributed by atoms with Gasteiger partial charge in [0.1, 0.15) is 11.3 Å². The highest BCUT2D eigenvalue weighted by Gasteiger charge is 2.16. The number of likely N-dealkylation sites (tertiary alicyclic amines) is 1. The van der Waals surface area contributed by atoms with E-state index in [2.05, 4.69) is 81.8 Å². The van der Waals surface area contributed by atoms with Gasteiger partial charge in [-0.05, 0) is 93.7 Å². The maximum atomic E-state index is 13.7. The third-order valence-corrected chi connectivity index (χ3v) is 9.13. The lowest BCUT2D eigenvalue weighted by atomic mass is 10.00. The standard InChI is InChI=1S/C41H46N6O/c1-4-5-26-46(41(48)35-19-15-33(16-20-35)30-47-32(3)43-39-29-42-23-21-40(39)47)27-9-11-36-10-8-12-38(44-36)37(22-28-45-24-6-7-25-45)34-17-13-31(2)14-18-34/h8-23,29H,4-7,24-28,30H2,1-3H3. The maximum absolute atomic E-state index is 13.7. The summed E-state index contributed by atoms with van der Waals surface area (Å²) in [6.07, 6.45) is 14.6. The Morgan fingerprint density at radius 2 is 1.69 bits per heavy atom. The molecule has 7 heteroatoms. The van der Waals surface area contributed by atoms with Crippen molar-refractivity contribution >= 4 is 28.6 Å². The predicted octanol–water partition coefficient (Wildman–Crippen LogP) is 7.97. The fourth-order valence-electron chi connectivity index (χ4n) is 6.33. The summed E-state index contributed by atoms with van der Waals surface area (Å²) in [4.78, 5) is 32.0. The topological polar surface area (TPSA) is 67.2 Å². The quantitative estimate of drug-likeness (QED) is 0.131. The number of rotatable bonds is 13. The summed E-state index contributed by atoms with van der Waals surface area (Å²) in [6, 6.07) is 24.9. The zero-order valence-electron chi connectivity index (χ0n) is 28.5. The van der Waals surface area contributed by atoms with Crippen LogP contribution in [0.5, 0.6) is 0 Å². The predicted molar refractivity (Wildman–Crippen MR) is 196 cm³/mol. The first-order valence-electron chi connectivity index (χ1n) is 17.3. The molecule has 0 N–H and O–H groups in total. The van der Waals surface area contributed by atoms with Gasteiger partial charge in [0.25, 0.3) is 5.91 Å². The van der Waals surface area contributed by atoms with Gasteiger partial charge in [-0.25, -0.2) is 9.97 Å². The van der Waals surface area contributed by atoms with Gasteiger partial charge in [0.2, 0.25) is 0 Å². The number of hydrogen-bond acceptors (Lipinski definition) is 5. The molecule has 0 aliphatic carbocycles. The molecule has 2 aromatic carbocycles. The minimum atomic E-state index is 0.0446. The van der Waals surface area contributed by atoms with Gasteiger partial charge in [0, 0.05) is 43.5 Å². The second-order valence-electron chi connectivity index (χ2n) is 12.8. The molecule has 0 unspecified atom stereocenters. The van der Waals surface area contributed by atoms with Gasteiger partial charge in [-0.3, -0.25) is 14.7 Å². The highest BCUT2D eigenvalue weighted by atomic mass is 16.2. The van der Waals surface area contributed by atoms with E-state index in [-0.39, 0.29) is 5.91 Å². The van der Waals surface area contributed by atoms with Crippen LogP contribution in [0.1, 0.15) is 76.9 Å². The van der Waals surface area contributed by atoms with Crippen LogP contribution in [0.3, 0.4) is 0 Å². The van der Waals surface area contributed by atoms with Crippen molar-refractivity contribution in [3.05, 3.63) is 137 Å². The Kier molecular flexibility index (Phi) is 10.9. The van der Waals surface area contributed by atoms with Gasteiger partial charge < -0.3 is 9.47 Å². The SMILES string of the molecule is CCCCN(CC=Cc1cccc(C(=CCN2CCCC2)c2ccc(C)cc2)n1)C(=O)c1ccc(Cn2c(C)nc3cnccc32)cc1. The minimum Gasteiger partial charge on any atom is -0.335 e. The van der Waals surface area contributed by atoms with Gasteiger partial charge in [0.05, 0.1) is 23.1 Å². The van der Waals surface area contributed by atoms with Crippen molar-refractivity contribution in [3.63, 3.8) is 0 Å². The fourth-order valence-corrected chi connectivity index (χ4v) is 6.33.